The first-order valence-corrected chi connectivity index (χ1v) is 17.3. The third-order valence-corrected chi connectivity index (χ3v) is 14.6. The summed E-state index contributed by atoms with van der Waals surface area (Å²) in [7, 11) is 0. The topological polar surface area (TPSA) is 140 Å². The molecule has 5 fully saturated rings. The summed E-state index contributed by atoms with van der Waals surface area (Å²) in [6.45, 7) is 17.5. The van der Waals surface area contributed by atoms with Gasteiger partial charge in [0.25, 0.3) is 0 Å². The van der Waals surface area contributed by atoms with Gasteiger partial charge in [0.2, 0.25) is 0 Å². The number of hydrogen-bond donors (Lipinski definition) is 6. The standard InChI is InChI=1S/C36H62O8/c1-20(2)10-9-14-36(8,44-31-30(42)29(41)28(40)23(19-37)43-31)21-11-16-35(7)27(21)22(38)18-25-33(5)15-13-26(39)32(3,4)24(33)12-17-34(25,35)6/h10,21-31,37-42H,9,11-19H2,1-8H3/t21-,22+,23+,24-,25+,26-,27-,28+,29-,30+,31?,33-,34+,35+,36-/m0/s1. The Balaban J connectivity index is 1.49. The minimum absolute atomic E-state index is 0.0131. The summed E-state index contributed by atoms with van der Waals surface area (Å²) in [6.07, 6.45) is 2.60. The summed E-state index contributed by atoms with van der Waals surface area (Å²) < 4.78 is 12.6. The summed E-state index contributed by atoms with van der Waals surface area (Å²) in [5.41, 5.74) is 0.171. The van der Waals surface area contributed by atoms with E-state index in [1.807, 2.05) is 0 Å². The Bertz CT molecular complexity index is 1070. The zero-order valence-electron chi connectivity index (χ0n) is 28.5. The highest BCUT2D eigenvalue weighted by Crippen LogP contribution is 2.76. The maximum atomic E-state index is 12.2. The normalized spacial score (nSPS) is 51.5. The molecule has 5 rings (SSSR count). The third-order valence-electron chi connectivity index (χ3n) is 14.6. The monoisotopic (exact) mass is 622 g/mol. The Morgan fingerprint density at radius 3 is 2.16 bits per heavy atom. The highest BCUT2D eigenvalue weighted by Gasteiger charge is 2.71. The van der Waals surface area contributed by atoms with Gasteiger partial charge < -0.3 is 40.1 Å². The molecule has 44 heavy (non-hydrogen) atoms. The predicted octanol–water partition coefficient (Wildman–Crippen LogP) is 4.32. The van der Waals surface area contributed by atoms with Gasteiger partial charge in [-0.25, -0.2) is 0 Å². The van der Waals surface area contributed by atoms with Crippen LogP contribution < -0.4 is 0 Å². The molecule has 0 spiro atoms. The first-order chi connectivity index (χ1) is 20.4. The van der Waals surface area contributed by atoms with Gasteiger partial charge in [-0.2, -0.15) is 0 Å². The Morgan fingerprint density at radius 2 is 1.52 bits per heavy atom. The number of fused-ring (bicyclic) bond motifs is 5. The average molecular weight is 623 g/mol. The zero-order chi connectivity index (χ0) is 32.6. The summed E-state index contributed by atoms with van der Waals surface area (Å²) in [5, 5.41) is 65.0. The van der Waals surface area contributed by atoms with Gasteiger partial charge in [0.15, 0.2) is 6.29 Å². The fraction of sp³-hybridized carbons (Fsp3) is 0.944. The lowest BCUT2D eigenvalue weighted by Gasteiger charge is -2.70. The Kier molecular flexibility index (Phi) is 9.35. The van der Waals surface area contributed by atoms with E-state index in [0.29, 0.717) is 18.3 Å². The van der Waals surface area contributed by atoms with Crippen molar-refractivity contribution in [1.82, 2.24) is 0 Å². The van der Waals surface area contributed by atoms with Gasteiger partial charge in [-0.3, -0.25) is 0 Å². The molecule has 6 N–H and O–H groups in total. The van der Waals surface area contributed by atoms with Crippen LogP contribution in [0.5, 0.6) is 0 Å². The van der Waals surface area contributed by atoms with E-state index in [-0.39, 0.29) is 39.6 Å². The number of rotatable bonds is 7. The Morgan fingerprint density at radius 1 is 0.864 bits per heavy atom. The van der Waals surface area contributed by atoms with Crippen LogP contribution in [0.4, 0.5) is 0 Å². The number of aliphatic hydroxyl groups is 6. The van der Waals surface area contributed by atoms with E-state index in [9.17, 15) is 30.6 Å². The molecule has 8 nitrogen and oxygen atoms in total. The van der Waals surface area contributed by atoms with Crippen LogP contribution in [0.2, 0.25) is 0 Å². The first kappa shape index (κ1) is 34.7. The van der Waals surface area contributed by atoms with E-state index in [1.54, 1.807) is 0 Å². The number of hydrogen-bond acceptors (Lipinski definition) is 8. The second-order valence-corrected chi connectivity index (χ2v) is 17.3. The van der Waals surface area contributed by atoms with Crippen molar-refractivity contribution in [2.75, 3.05) is 6.61 Å². The molecule has 0 radical (unpaired) electrons. The molecule has 254 valence electrons. The van der Waals surface area contributed by atoms with Crippen LogP contribution in [-0.4, -0.2) is 85.8 Å². The van der Waals surface area contributed by atoms with Gasteiger partial charge >= 0.3 is 0 Å². The smallest absolute Gasteiger partial charge is 0.187 e. The molecular formula is C36H62O8. The fourth-order valence-electron chi connectivity index (χ4n) is 11.8. The molecule has 1 saturated heterocycles. The van der Waals surface area contributed by atoms with Crippen molar-refractivity contribution >= 4 is 0 Å². The molecule has 15 atom stereocenters. The third kappa shape index (κ3) is 5.17. The van der Waals surface area contributed by atoms with E-state index in [0.717, 1.165) is 51.4 Å². The van der Waals surface area contributed by atoms with Crippen LogP contribution in [0.3, 0.4) is 0 Å². The lowest BCUT2D eigenvalue weighted by atomic mass is 9.35. The molecule has 4 saturated carbocycles. The van der Waals surface area contributed by atoms with Crippen molar-refractivity contribution in [1.29, 1.82) is 0 Å². The van der Waals surface area contributed by atoms with E-state index < -0.39 is 49.0 Å². The first-order valence-electron chi connectivity index (χ1n) is 17.3. The number of aliphatic hydroxyl groups excluding tert-OH is 6. The summed E-state index contributed by atoms with van der Waals surface area (Å²) >= 11 is 0. The number of ether oxygens (including phenoxy) is 2. The second-order valence-electron chi connectivity index (χ2n) is 17.3. The molecule has 1 aliphatic heterocycles. The molecule has 0 amide bonds. The van der Waals surface area contributed by atoms with Crippen LogP contribution in [0.25, 0.3) is 0 Å². The molecule has 0 aromatic rings. The maximum absolute atomic E-state index is 12.2. The molecule has 8 heteroatoms. The van der Waals surface area contributed by atoms with Crippen LogP contribution >= 0.6 is 0 Å². The van der Waals surface area contributed by atoms with Gasteiger partial charge in [-0.15, -0.1) is 0 Å². The molecule has 0 bridgehead atoms. The van der Waals surface area contributed by atoms with Crippen LogP contribution in [0, 0.1) is 45.3 Å². The highest BCUT2D eigenvalue weighted by molar-refractivity contribution is 5.20. The van der Waals surface area contributed by atoms with Crippen molar-refractivity contribution in [2.24, 2.45) is 45.3 Å². The quantitative estimate of drug-likeness (QED) is 0.231. The molecule has 1 heterocycles. The molecule has 0 aromatic heterocycles. The Hall–Kier alpha value is -0.580. The van der Waals surface area contributed by atoms with Crippen LogP contribution in [0.1, 0.15) is 113 Å². The van der Waals surface area contributed by atoms with E-state index in [2.05, 4.69) is 61.5 Å². The molecule has 1 unspecified atom stereocenters. The molecular weight excluding hydrogens is 560 g/mol. The fourth-order valence-corrected chi connectivity index (χ4v) is 11.8. The molecule has 0 aromatic carbocycles. The minimum atomic E-state index is -1.50. The van der Waals surface area contributed by atoms with E-state index >= 15 is 0 Å². The highest BCUT2D eigenvalue weighted by atomic mass is 16.7. The van der Waals surface area contributed by atoms with Gasteiger partial charge in [0.1, 0.15) is 24.4 Å². The minimum Gasteiger partial charge on any atom is -0.394 e. The van der Waals surface area contributed by atoms with Crippen molar-refractivity contribution in [3.8, 4) is 0 Å². The summed E-state index contributed by atoms with van der Waals surface area (Å²) in [5.74, 6) is 0.713. The zero-order valence-corrected chi connectivity index (χ0v) is 28.5. The number of allylic oxidation sites excluding steroid dienone is 2. The van der Waals surface area contributed by atoms with Gasteiger partial charge in [0, 0.05) is 0 Å². The summed E-state index contributed by atoms with van der Waals surface area (Å²) in [6, 6.07) is 0. The van der Waals surface area contributed by atoms with Crippen molar-refractivity contribution in [2.45, 2.75) is 162 Å². The van der Waals surface area contributed by atoms with E-state index in [1.165, 1.54) is 5.57 Å². The van der Waals surface area contributed by atoms with E-state index in [4.69, 9.17) is 9.47 Å². The predicted molar refractivity (Wildman–Crippen MR) is 168 cm³/mol. The van der Waals surface area contributed by atoms with Gasteiger partial charge in [-0.05, 0) is 124 Å². The van der Waals surface area contributed by atoms with Crippen molar-refractivity contribution < 1.29 is 40.1 Å². The Labute approximate surface area is 265 Å². The van der Waals surface area contributed by atoms with Crippen molar-refractivity contribution in [3.63, 3.8) is 0 Å². The average Bonchev–Trinajstić information content (AvgIpc) is 3.33. The van der Waals surface area contributed by atoms with Gasteiger partial charge in [-0.1, -0.05) is 46.3 Å². The molecule has 4 aliphatic carbocycles. The largest absolute Gasteiger partial charge is 0.394 e. The SMILES string of the molecule is CC(C)=CCC[C@](C)(OC1O[C@H](CO)[C@@H](O)[C@H](O)[C@H]1O)[C@H]1CC[C@]2(C)[C@@H]1[C@H](O)C[C@@H]1[C@@]3(C)CC[C@H](O)C(C)(C)[C@@H]3CC[C@]12C. The maximum Gasteiger partial charge on any atom is 0.187 e. The van der Waals surface area contributed by atoms with Crippen LogP contribution in [0.15, 0.2) is 11.6 Å². The lowest BCUT2D eigenvalue weighted by molar-refractivity contribution is -0.336. The van der Waals surface area contributed by atoms with Crippen molar-refractivity contribution in [3.05, 3.63) is 11.6 Å². The van der Waals surface area contributed by atoms with Gasteiger partial charge in [0.05, 0.1) is 24.4 Å². The van der Waals surface area contributed by atoms with Crippen LogP contribution in [-0.2, 0) is 9.47 Å². The summed E-state index contributed by atoms with van der Waals surface area (Å²) in [4.78, 5) is 0. The second kappa shape index (κ2) is 11.8. The lowest BCUT2D eigenvalue weighted by Crippen LogP contribution is -2.67. The molecule has 5 aliphatic rings.